The summed E-state index contributed by atoms with van der Waals surface area (Å²) in [5.41, 5.74) is 3.20. The summed E-state index contributed by atoms with van der Waals surface area (Å²) in [6.07, 6.45) is 2.39. The molecule has 2 heterocycles. The van der Waals surface area contributed by atoms with Crippen LogP contribution in [0.5, 0.6) is 11.5 Å². The number of carbonyl (C=O) groups excluding carboxylic acids is 1. The fourth-order valence-corrected chi connectivity index (χ4v) is 4.16. The highest BCUT2D eigenvalue weighted by atomic mass is 32.2. The molecule has 4 rings (SSSR count). The van der Waals surface area contributed by atoms with Gasteiger partial charge in [0.1, 0.15) is 29.8 Å². The molecular weight excluding hydrogens is 424 g/mol. The maximum absolute atomic E-state index is 12.4. The number of amidine groups is 2. The number of para-hydroxylation sites is 1. The van der Waals surface area contributed by atoms with E-state index in [0.29, 0.717) is 24.1 Å². The zero-order valence-corrected chi connectivity index (χ0v) is 19.0. The van der Waals surface area contributed by atoms with Gasteiger partial charge in [0.25, 0.3) is 5.91 Å². The van der Waals surface area contributed by atoms with E-state index < -0.39 is 5.91 Å². The largest absolute Gasteiger partial charge is 0.490 e. The van der Waals surface area contributed by atoms with Gasteiger partial charge in [0.2, 0.25) is 5.17 Å². The quantitative estimate of drug-likeness (QED) is 0.486. The van der Waals surface area contributed by atoms with E-state index in [2.05, 4.69) is 10.1 Å². The maximum atomic E-state index is 12.4. The summed E-state index contributed by atoms with van der Waals surface area (Å²) >= 11 is 1.33. The number of benzene rings is 2. The number of amides is 1. The number of rotatable bonds is 7. The van der Waals surface area contributed by atoms with E-state index in [1.807, 2.05) is 63.2 Å². The number of ether oxygens (including phenoxy) is 2. The Morgan fingerprint density at radius 2 is 1.75 bits per heavy atom. The first-order valence-electron chi connectivity index (χ1n) is 10.4. The number of hydrogen-bond acceptors (Lipinski definition) is 6. The Balaban J connectivity index is 1.37. The second-order valence-electron chi connectivity index (χ2n) is 7.35. The minimum absolute atomic E-state index is 0.0416. The van der Waals surface area contributed by atoms with Crippen molar-refractivity contribution >= 4 is 39.8 Å². The van der Waals surface area contributed by atoms with Crippen molar-refractivity contribution in [2.24, 2.45) is 10.1 Å². The highest BCUT2D eigenvalue weighted by Gasteiger charge is 2.34. The number of aryl methyl sites for hydroxylation is 2. The normalized spacial score (nSPS) is 16.7. The molecule has 0 atom stereocenters. The number of carbonyl (C=O) groups is 1. The summed E-state index contributed by atoms with van der Waals surface area (Å²) in [7, 11) is 0. The number of hydrazone groups is 1. The highest BCUT2D eigenvalue weighted by Crippen LogP contribution is 2.29. The van der Waals surface area contributed by atoms with Crippen molar-refractivity contribution in [3.05, 3.63) is 64.7 Å². The average Bonchev–Trinajstić information content (AvgIpc) is 3.20. The molecule has 0 saturated heterocycles. The summed E-state index contributed by atoms with van der Waals surface area (Å²) in [4.78, 5) is 16.5. The average molecular weight is 449 g/mol. The molecule has 2 aromatic carbocycles. The molecular formula is C24H24N4O3S. The van der Waals surface area contributed by atoms with Gasteiger partial charge in [0, 0.05) is 0 Å². The molecule has 0 unspecified atom stereocenters. The highest BCUT2D eigenvalue weighted by molar-refractivity contribution is 8.26. The van der Waals surface area contributed by atoms with E-state index in [-0.39, 0.29) is 11.4 Å². The molecule has 0 saturated carbocycles. The van der Waals surface area contributed by atoms with Crippen molar-refractivity contribution < 1.29 is 14.3 Å². The van der Waals surface area contributed by atoms with Gasteiger partial charge in [0.15, 0.2) is 5.84 Å². The summed E-state index contributed by atoms with van der Waals surface area (Å²) in [5.74, 6) is 1.22. The van der Waals surface area contributed by atoms with Gasteiger partial charge >= 0.3 is 0 Å². The van der Waals surface area contributed by atoms with Crippen LogP contribution in [0.15, 0.2) is 58.1 Å². The second kappa shape index (κ2) is 9.40. The zero-order chi connectivity index (χ0) is 22.7. The topological polar surface area (TPSA) is 87.3 Å². The van der Waals surface area contributed by atoms with Gasteiger partial charge in [-0.05, 0) is 66.9 Å². The van der Waals surface area contributed by atoms with E-state index in [0.717, 1.165) is 33.9 Å². The first kappa shape index (κ1) is 21.8. The van der Waals surface area contributed by atoms with Crippen LogP contribution in [0.2, 0.25) is 0 Å². The molecule has 2 aliphatic rings. The molecule has 1 amide bonds. The smallest absolute Gasteiger partial charge is 0.283 e. The lowest BCUT2D eigenvalue weighted by Gasteiger charge is -2.20. The Morgan fingerprint density at radius 1 is 1.06 bits per heavy atom. The van der Waals surface area contributed by atoms with E-state index in [9.17, 15) is 4.79 Å². The van der Waals surface area contributed by atoms with Crippen molar-refractivity contribution in [1.82, 2.24) is 5.01 Å². The summed E-state index contributed by atoms with van der Waals surface area (Å²) in [5, 5.41) is 15.4. The van der Waals surface area contributed by atoms with Gasteiger partial charge in [-0.1, -0.05) is 37.3 Å². The summed E-state index contributed by atoms with van der Waals surface area (Å²) in [6.45, 7) is 6.89. The van der Waals surface area contributed by atoms with Gasteiger partial charge in [-0.3, -0.25) is 10.2 Å². The van der Waals surface area contributed by atoms with Crippen molar-refractivity contribution in [3.8, 4) is 11.5 Å². The zero-order valence-electron chi connectivity index (χ0n) is 18.2. The van der Waals surface area contributed by atoms with Gasteiger partial charge in [-0.2, -0.15) is 15.1 Å². The molecule has 0 spiro atoms. The molecule has 164 valence electrons. The Labute approximate surface area is 191 Å². The molecule has 32 heavy (non-hydrogen) atoms. The fourth-order valence-electron chi connectivity index (χ4n) is 3.33. The van der Waals surface area contributed by atoms with Crippen molar-refractivity contribution in [1.29, 1.82) is 5.41 Å². The van der Waals surface area contributed by atoms with Gasteiger partial charge < -0.3 is 9.47 Å². The lowest BCUT2D eigenvalue weighted by atomic mass is 10.1. The third-order valence-electron chi connectivity index (χ3n) is 5.00. The van der Waals surface area contributed by atoms with Crippen LogP contribution in [-0.4, -0.2) is 40.2 Å². The Kier molecular flexibility index (Phi) is 6.41. The first-order chi connectivity index (χ1) is 15.5. The predicted molar refractivity (Wildman–Crippen MR) is 129 cm³/mol. The molecule has 2 aliphatic heterocycles. The summed E-state index contributed by atoms with van der Waals surface area (Å²) in [6, 6.07) is 13.4. The Bertz CT molecular complexity index is 1130. The number of aliphatic imine (C=N–C) groups is 1. The molecule has 8 heteroatoms. The number of thioether (sulfide) groups is 1. The van der Waals surface area contributed by atoms with Crippen molar-refractivity contribution in [3.63, 3.8) is 0 Å². The molecule has 0 radical (unpaired) electrons. The third kappa shape index (κ3) is 4.60. The minimum atomic E-state index is -0.426. The second-order valence-corrected chi connectivity index (χ2v) is 8.39. The van der Waals surface area contributed by atoms with Crippen LogP contribution in [0.4, 0.5) is 0 Å². The lowest BCUT2D eigenvalue weighted by Crippen LogP contribution is -2.35. The van der Waals surface area contributed by atoms with Gasteiger partial charge in [-0.25, -0.2) is 0 Å². The molecule has 0 aromatic heterocycles. The van der Waals surface area contributed by atoms with Crippen LogP contribution < -0.4 is 9.47 Å². The number of fused-ring (bicyclic) bond motifs is 1. The number of nitrogens with zero attached hydrogens (tertiary/aromatic N) is 3. The monoisotopic (exact) mass is 448 g/mol. The van der Waals surface area contributed by atoms with Gasteiger partial charge in [-0.15, -0.1) is 0 Å². The molecule has 1 N–H and O–H groups in total. The van der Waals surface area contributed by atoms with E-state index in [1.54, 1.807) is 6.08 Å². The first-order valence-corrected chi connectivity index (χ1v) is 11.2. The van der Waals surface area contributed by atoms with Crippen LogP contribution in [0, 0.1) is 19.3 Å². The lowest BCUT2D eigenvalue weighted by molar-refractivity contribution is -0.114. The van der Waals surface area contributed by atoms with E-state index in [1.165, 1.54) is 16.8 Å². The van der Waals surface area contributed by atoms with E-state index in [4.69, 9.17) is 14.9 Å². The predicted octanol–water partition coefficient (Wildman–Crippen LogP) is 4.79. The van der Waals surface area contributed by atoms with Crippen LogP contribution in [0.25, 0.3) is 6.08 Å². The van der Waals surface area contributed by atoms with Gasteiger partial charge in [0.05, 0.1) is 5.57 Å². The molecule has 0 aliphatic carbocycles. The standard InChI is InChI=1S/C24H24N4O3S/c1-4-20-27-28-22(25)19(23(29)26-24(28)32-20)14-17-8-10-18(11-9-17)30-12-13-31-21-15(2)6-5-7-16(21)3/h5-11,14,25H,4,12-13H2,1-3H3. The van der Waals surface area contributed by atoms with E-state index >= 15 is 0 Å². The number of nitrogens with one attached hydrogen (secondary N) is 1. The molecule has 0 fully saturated rings. The van der Waals surface area contributed by atoms with Crippen molar-refractivity contribution in [2.45, 2.75) is 27.2 Å². The molecule has 2 aromatic rings. The minimum Gasteiger partial charge on any atom is -0.490 e. The fraction of sp³-hybridized carbons (Fsp3) is 0.250. The maximum Gasteiger partial charge on any atom is 0.283 e. The molecule has 7 nitrogen and oxygen atoms in total. The van der Waals surface area contributed by atoms with Crippen LogP contribution in [-0.2, 0) is 4.79 Å². The Hall–Kier alpha value is -3.39. The van der Waals surface area contributed by atoms with Crippen LogP contribution >= 0.6 is 11.8 Å². The molecule has 0 bridgehead atoms. The summed E-state index contributed by atoms with van der Waals surface area (Å²) < 4.78 is 11.6. The van der Waals surface area contributed by atoms with Crippen molar-refractivity contribution in [2.75, 3.05) is 13.2 Å². The third-order valence-corrected chi connectivity index (χ3v) is 6.05. The van der Waals surface area contributed by atoms with Crippen LogP contribution in [0.1, 0.15) is 30.0 Å². The Morgan fingerprint density at radius 3 is 2.44 bits per heavy atom. The number of hydrogen-bond donors (Lipinski definition) is 1. The SMILES string of the molecule is CCC1=NN2C(=N)C(=Cc3ccc(OCCOc4c(C)cccc4C)cc3)C(=O)N=C2S1. The van der Waals surface area contributed by atoms with Crippen LogP contribution in [0.3, 0.4) is 0 Å².